The van der Waals surface area contributed by atoms with E-state index in [0.29, 0.717) is 13.0 Å². The molecule has 0 saturated heterocycles. The van der Waals surface area contributed by atoms with Gasteiger partial charge in [0.25, 0.3) is 5.56 Å². The number of hydrogen-bond donors (Lipinski definition) is 1. The number of halogens is 2. The van der Waals surface area contributed by atoms with Crippen molar-refractivity contribution in [3.8, 4) is 0 Å². The zero-order valence-corrected chi connectivity index (χ0v) is 13.4. The Morgan fingerprint density at radius 1 is 1.43 bits per heavy atom. The van der Waals surface area contributed by atoms with Crippen LogP contribution in [0.15, 0.2) is 35.4 Å². The molecule has 1 aromatic carbocycles. The van der Waals surface area contributed by atoms with E-state index in [9.17, 15) is 14.0 Å². The average Bonchev–Trinajstić information content (AvgIpc) is 2.52. The average molecular weight is 338 g/mol. The fourth-order valence-electron chi connectivity index (χ4n) is 2.06. The van der Waals surface area contributed by atoms with E-state index in [0.717, 1.165) is 5.69 Å². The van der Waals surface area contributed by atoms with Gasteiger partial charge in [-0.2, -0.15) is 0 Å². The Kier molecular flexibility index (Phi) is 5.87. The molecule has 0 aliphatic heterocycles. The minimum Gasteiger partial charge on any atom is -0.354 e. The smallest absolute Gasteiger partial charge is 0.253 e. The predicted molar refractivity (Wildman–Crippen MR) is 86.0 cm³/mol. The molecule has 0 radical (unpaired) electrons. The van der Waals surface area contributed by atoms with Gasteiger partial charge in [0.15, 0.2) is 0 Å². The summed E-state index contributed by atoms with van der Waals surface area (Å²) in [6, 6.07) is 5.75. The number of nitrogens with zero attached hydrogens (tertiary/aromatic N) is 2. The van der Waals surface area contributed by atoms with Crippen LogP contribution >= 0.6 is 11.6 Å². The maximum absolute atomic E-state index is 13.6. The van der Waals surface area contributed by atoms with Gasteiger partial charge in [-0.15, -0.1) is 0 Å². The number of carbonyl (C=O) groups excluding carboxylic acids is 1. The Balaban J connectivity index is 1.89. The van der Waals surface area contributed by atoms with E-state index < -0.39 is 5.82 Å². The number of aryl methyl sites for hydroxylation is 1. The third-order valence-corrected chi connectivity index (χ3v) is 3.73. The molecule has 5 nitrogen and oxygen atoms in total. The summed E-state index contributed by atoms with van der Waals surface area (Å²) < 4.78 is 15.0. The second-order valence-electron chi connectivity index (χ2n) is 4.99. The van der Waals surface area contributed by atoms with Crippen molar-refractivity contribution >= 4 is 17.5 Å². The van der Waals surface area contributed by atoms with Gasteiger partial charge in [-0.25, -0.2) is 9.37 Å². The van der Waals surface area contributed by atoms with Crippen LogP contribution in [0.25, 0.3) is 0 Å². The van der Waals surface area contributed by atoms with Crippen LogP contribution in [0.2, 0.25) is 5.02 Å². The van der Waals surface area contributed by atoms with E-state index in [4.69, 9.17) is 11.6 Å². The highest BCUT2D eigenvalue weighted by Crippen LogP contribution is 2.19. The lowest BCUT2D eigenvalue weighted by atomic mass is 10.1. The lowest BCUT2D eigenvalue weighted by Gasteiger charge is -2.09. The van der Waals surface area contributed by atoms with Crippen LogP contribution in [0.4, 0.5) is 4.39 Å². The molecule has 0 aliphatic carbocycles. The lowest BCUT2D eigenvalue weighted by molar-refractivity contribution is -0.120. The third kappa shape index (κ3) is 4.63. The summed E-state index contributed by atoms with van der Waals surface area (Å²) in [5.74, 6) is -0.869. The number of carbonyl (C=O) groups is 1. The first-order valence-electron chi connectivity index (χ1n) is 7.26. The zero-order chi connectivity index (χ0) is 16.8. The normalized spacial score (nSPS) is 10.6. The van der Waals surface area contributed by atoms with E-state index in [-0.39, 0.29) is 35.0 Å². The molecular weight excluding hydrogens is 321 g/mol. The fourth-order valence-corrected chi connectivity index (χ4v) is 2.29. The molecule has 0 unspecified atom stereocenters. The molecule has 0 bridgehead atoms. The molecule has 0 fully saturated rings. The summed E-state index contributed by atoms with van der Waals surface area (Å²) in [4.78, 5) is 27.8. The number of rotatable bonds is 6. The highest BCUT2D eigenvalue weighted by Gasteiger charge is 2.11. The van der Waals surface area contributed by atoms with Crippen molar-refractivity contribution in [1.29, 1.82) is 0 Å². The van der Waals surface area contributed by atoms with Crippen LogP contribution in [0.3, 0.4) is 0 Å². The van der Waals surface area contributed by atoms with E-state index in [2.05, 4.69) is 10.3 Å². The first-order valence-corrected chi connectivity index (χ1v) is 7.64. The van der Waals surface area contributed by atoms with Crippen molar-refractivity contribution in [2.45, 2.75) is 26.3 Å². The second kappa shape index (κ2) is 7.87. The van der Waals surface area contributed by atoms with Gasteiger partial charge in [0, 0.05) is 35.4 Å². The lowest BCUT2D eigenvalue weighted by Crippen LogP contribution is -2.32. The Morgan fingerprint density at radius 2 is 2.22 bits per heavy atom. The topological polar surface area (TPSA) is 64.0 Å². The van der Waals surface area contributed by atoms with Gasteiger partial charge in [0.05, 0.1) is 12.7 Å². The van der Waals surface area contributed by atoms with Gasteiger partial charge in [0.2, 0.25) is 5.91 Å². The molecule has 7 heteroatoms. The number of hydrogen-bond acceptors (Lipinski definition) is 3. The van der Waals surface area contributed by atoms with Crippen LogP contribution < -0.4 is 10.9 Å². The number of aromatic nitrogens is 2. The Labute approximate surface area is 138 Å². The molecule has 0 spiro atoms. The first-order chi connectivity index (χ1) is 11.0. The summed E-state index contributed by atoms with van der Waals surface area (Å²) in [7, 11) is 0. The Hall–Kier alpha value is -2.21. The predicted octanol–water partition coefficient (Wildman–Crippen LogP) is 1.96. The molecule has 0 atom stereocenters. The summed E-state index contributed by atoms with van der Waals surface area (Å²) in [5, 5.41) is 2.86. The van der Waals surface area contributed by atoms with Crippen molar-refractivity contribution in [3.05, 3.63) is 63.0 Å². The molecule has 1 N–H and O–H groups in total. The molecule has 23 heavy (non-hydrogen) atoms. The van der Waals surface area contributed by atoms with Gasteiger partial charge in [-0.05, 0) is 18.6 Å². The van der Waals surface area contributed by atoms with Gasteiger partial charge >= 0.3 is 0 Å². The Morgan fingerprint density at radius 3 is 2.87 bits per heavy atom. The second-order valence-corrected chi connectivity index (χ2v) is 5.40. The quantitative estimate of drug-likeness (QED) is 0.876. The summed E-state index contributed by atoms with van der Waals surface area (Å²) >= 11 is 5.88. The molecule has 1 aromatic heterocycles. The summed E-state index contributed by atoms with van der Waals surface area (Å²) in [5.41, 5.74) is 0.727. The third-order valence-electron chi connectivity index (χ3n) is 3.37. The highest BCUT2D eigenvalue weighted by atomic mass is 35.5. The monoisotopic (exact) mass is 337 g/mol. The molecule has 1 amide bonds. The molecule has 122 valence electrons. The van der Waals surface area contributed by atoms with Gasteiger partial charge in [-0.3, -0.25) is 14.2 Å². The number of nitrogens with one attached hydrogen (secondary N) is 1. The van der Waals surface area contributed by atoms with Gasteiger partial charge in [0.1, 0.15) is 5.82 Å². The van der Waals surface area contributed by atoms with Crippen LogP contribution in [-0.2, 0) is 24.2 Å². The maximum atomic E-state index is 13.6. The van der Waals surface area contributed by atoms with Crippen LogP contribution in [0.5, 0.6) is 0 Å². The van der Waals surface area contributed by atoms with E-state index >= 15 is 0 Å². The van der Waals surface area contributed by atoms with Gasteiger partial charge in [-0.1, -0.05) is 24.6 Å². The van der Waals surface area contributed by atoms with Crippen molar-refractivity contribution in [3.63, 3.8) is 0 Å². The minimum atomic E-state index is -0.511. The molecule has 1 heterocycles. The largest absolute Gasteiger partial charge is 0.354 e. The van der Waals surface area contributed by atoms with Crippen LogP contribution in [0.1, 0.15) is 18.2 Å². The molecule has 2 aromatic rings. The zero-order valence-electron chi connectivity index (χ0n) is 12.7. The van der Waals surface area contributed by atoms with Crippen molar-refractivity contribution < 1.29 is 9.18 Å². The van der Waals surface area contributed by atoms with Crippen molar-refractivity contribution in [2.75, 3.05) is 6.54 Å². The number of amides is 1. The van der Waals surface area contributed by atoms with E-state index in [1.165, 1.54) is 35.2 Å². The Bertz CT molecular complexity index is 741. The standard InChI is InChI=1S/C16H17ClFN3O2/c1-2-11-8-16(23)21(10-20-11)7-6-19-15(22)9-12-13(17)4-3-5-14(12)18/h3-5,8,10H,2,6-7,9H2,1H3,(H,19,22). The van der Waals surface area contributed by atoms with Crippen molar-refractivity contribution in [1.82, 2.24) is 14.9 Å². The fraction of sp³-hybridized carbons (Fsp3) is 0.312. The van der Waals surface area contributed by atoms with E-state index in [1.807, 2.05) is 6.92 Å². The molecule has 0 aliphatic rings. The maximum Gasteiger partial charge on any atom is 0.253 e. The first kappa shape index (κ1) is 17.1. The minimum absolute atomic E-state index is 0.145. The van der Waals surface area contributed by atoms with E-state index in [1.54, 1.807) is 0 Å². The highest BCUT2D eigenvalue weighted by molar-refractivity contribution is 6.31. The number of benzene rings is 1. The van der Waals surface area contributed by atoms with Crippen molar-refractivity contribution in [2.24, 2.45) is 0 Å². The molecular formula is C16H17ClFN3O2. The van der Waals surface area contributed by atoms with Crippen LogP contribution in [-0.4, -0.2) is 22.0 Å². The summed E-state index contributed by atoms with van der Waals surface area (Å²) in [6.45, 7) is 2.46. The molecule has 2 rings (SSSR count). The SMILES string of the molecule is CCc1cc(=O)n(CCNC(=O)Cc2c(F)cccc2Cl)cn1. The summed E-state index contributed by atoms with van der Waals surface area (Å²) in [6.07, 6.45) is 2.00. The molecule has 0 saturated carbocycles. The van der Waals surface area contributed by atoms with Crippen LogP contribution in [0, 0.1) is 5.82 Å². The van der Waals surface area contributed by atoms with Gasteiger partial charge < -0.3 is 5.32 Å².